The summed E-state index contributed by atoms with van der Waals surface area (Å²) >= 11 is 0. The van der Waals surface area contributed by atoms with Gasteiger partial charge >= 0.3 is 0 Å². The van der Waals surface area contributed by atoms with E-state index in [1.807, 2.05) is 26.8 Å². The number of amides is 2. The number of nitrogens with one attached hydrogen (secondary N) is 1. The molecule has 1 atom stereocenters. The molecule has 0 aliphatic rings. The van der Waals surface area contributed by atoms with Crippen molar-refractivity contribution >= 4 is 27.5 Å². The van der Waals surface area contributed by atoms with Crippen molar-refractivity contribution in [3.8, 4) is 11.5 Å². The zero-order valence-corrected chi connectivity index (χ0v) is 24.4. The average Bonchev–Trinajstić information content (AvgIpc) is 2.94. The molecular formula is C30H37N3O6S. The Balaban J connectivity index is 2.00. The molecular weight excluding hydrogens is 530 g/mol. The number of anilines is 1. The van der Waals surface area contributed by atoms with Gasteiger partial charge < -0.3 is 19.7 Å². The first-order valence-electron chi connectivity index (χ1n) is 13.1. The number of hydrogen-bond donors (Lipinski definition) is 1. The van der Waals surface area contributed by atoms with Gasteiger partial charge in [-0.1, -0.05) is 30.3 Å². The van der Waals surface area contributed by atoms with Crippen LogP contribution in [-0.2, 0) is 26.2 Å². The number of carbonyl (C=O) groups is 2. The standard InChI is InChI=1S/C30H37N3O6S/c1-6-39-26-15-17-28(18-16-26)40(36,37)33(25-12-8-7-9-13-25)21-29(34)32(23(4)30(35)31-22(2)3)20-24-11-10-14-27(19-24)38-5/h7-19,22-23H,6,20-21H2,1-5H3,(H,31,35)/t23-/m1/s1. The van der Waals surface area contributed by atoms with Gasteiger partial charge in [0.15, 0.2) is 0 Å². The number of benzene rings is 3. The van der Waals surface area contributed by atoms with Gasteiger partial charge in [0.1, 0.15) is 24.1 Å². The minimum absolute atomic E-state index is 0.0116. The van der Waals surface area contributed by atoms with E-state index in [0.717, 1.165) is 9.87 Å². The number of para-hydroxylation sites is 1. The zero-order valence-electron chi connectivity index (χ0n) is 23.5. The normalized spacial score (nSPS) is 11.9. The lowest BCUT2D eigenvalue weighted by molar-refractivity contribution is -0.139. The van der Waals surface area contributed by atoms with Crippen molar-refractivity contribution in [2.24, 2.45) is 0 Å². The molecule has 0 saturated heterocycles. The molecule has 0 fully saturated rings. The van der Waals surface area contributed by atoms with E-state index in [1.54, 1.807) is 74.7 Å². The third-order valence-electron chi connectivity index (χ3n) is 6.13. The lowest BCUT2D eigenvalue weighted by atomic mass is 10.1. The van der Waals surface area contributed by atoms with Crippen LogP contribution in [0.3, 0.4) is 0 Å². The molecule has 40 heavy (non-hydrogen) atoms. The molecule has 3 aromatic rings. The van der Waals surface area contributed by atoms with Crippen LogP contribution in [0.4, 0.5) is 5.69 Å². The summed E-state index contributed by atoms with van der Waals surface area (Å²) in [4.78, 5) is 28.3. The van der Waals surface area contributed by atoms with Crippen LogP contribution in [0.5, 0.6) is 11.5 Å². The van der Waals surface area contributed by atoms with E-state index in [-0.39, 0.29) is 23.4 Å². The summed E-state index contributed by atoms with van der Waals surface area (Å²) in [6, 6.07) is 20.7. The molecule has 0 heterocycles. The monoisotopic (exact) mass is 567 g/mol. The first-order chi connectivity index (χ1) is 19.1. The molecule has 0 aliphatic carbocycles. The van der Waals surface area contributed by atoms with Gasteiger partial charge in [0.2, 0.25) is 11.8 Å². The summed E-state index contributed by atoms with van der Waals surface area (Å²) < 4.78 is 39.6. The topological polar surface area (TPSA) is 105 Å². The molecule has 1 N–H and O–H groups in total. The lowest BCUT2D eigenvalue weighted by Crippen LogP contribution is -2.52. The van der Waals surface area contributed by atoms with Crippen LogP contribution in [0, 0.1) is 0 Å². The molecule has 10 heteroatoms. The number of ether oxygens (including phenoxy) is 2. The van der Waals surface area contributed by atoms with Crippen molar-refractivity contribution in [3.05, 3.63) is 84.4 Å². The summed E-state index contributed by atoms with van der Waals surface area (Å²) in [5, 5.41) is 2.84. The molecule has 214 valence electrons. The Morgan fingerprint density at radius 3 is 2.17 bits per heavy atom. The van der Waals surface area contributed by atoms with Gasteiger partial charge in [-0.2, -0.15) is 0 Å². The van der Waals surface area contributed by atoms with Crippen LogP contribution in [0.15, 0.2) is 83.8 Å². The van der Waals surface area contributed by atoms with Gasteiger partial charge in [0.25, 0.3) is 10.0 Å². The maximum absolute atomic E-state index is 13.9. The van der Waals surface area contributed by atoms with Crippen LogP contribution < -0.4 is 19.1 Å². The van der Waals surface area contributed by atoms with Gasteiger partial charge in [-0.15, -0.1) is 0 Å². The Hall–Kier alpha value is -4.05. The van der Waals surface area contributed by atoms with Crippen LogP contribution in [0.25, 0.3) is 0 Å². The maximum atomic E-state index is 13.9. The minimum atomic E-state index is -4.15. The van der Waals surface area contributed by atoms with Crippen LogP contribution in [0.1, 0.15) is 33.3 Å². The number of methoxy groups -OCH3 is 1. The van der Waals surface area contributed by atoms with E-state index in [0.29, 0.717) is 23.8 Å². The number of nitrogens with zero attached hydrogens (tertiary/aromatic N) is 2. The summed E-state index contributed by atoms with van der Waals surface area (Å²) in [6.45, 7) is 7.15. The predicted molar refractivity (Wildman–Crippen MR) is 155 cm³/mol. The number of carbonyl (C=O) groups excluding carboxylic acids is 2. The van der Waals surface area contributed by atoms with Gasteiger partial charge in [-0.05, 0) is 81.8 Å². The molecule has 0 saturated carbocycles. The first-order valence-corrected chi connectivity index (χ1v) is 14.5. The number of sulfonamides is 1. The lowest BCUT2D eigenvalue weighted by Gasteiger charge is -2.32. The van der Waals surface area contributed by atoms with Crippen molar-refractivity contribution in [1.82, 2.24) is 10.2 Å². The largest absolute Gasteiger partial charge is 0.497 e. The fourth-order valence-corrected chi connectivity index (χ4v) is 5.49. The maximum Gasteiger partial charge on any atom is 0.264 e. The fraction of sp³-hybridized carbons (Fsp3) is 0.333. The quantitative estimate of drug-likeness (QED) is 0.332. The Kier molecular flexibility index (Phi) is 10.6. The van der Waals surface area contributed by atoms with Crippen LogP contribution in [-0.4, -0.2) is 57.5 Å². The molecule has 0 bridgehead atoms. The molecule has 9 nitrogen and oxygen atoms in total. The fourth-order valence-electron chi connectivity index (χ4n) is 4.08. The van der Waals surface area contributed by atoms with Crippen molar-refractivity contribution in [1.29, 1.82) is 0 Å². The molecule has 3 rings (SSSR count). The molecule has 0 spiro atoms. The Morgan fingerprint density at radius 2 is 1.57 bits per heavy atom. The SMILES string of the molecule is CCOc1ccc(S(=O)(=O)N(CC(=O)N(Cc2cccc(OC)c2)[C@H](C)C(=O)NC(C)C)c2ccccc2)cc1. The van der Waals surface area contributed by atoms with Crippen molar-refractivity contribution in [3.63, 3.8) is 0 Å². The summed E-state index contributed by atoms with van der Waals surface area (Å²) in [7, 11) is -2.61. The van der Waals surface area contributed by atoms with E-state index >= 15 is 0 Å². The van der Waals surface area contributed by atoms with Gasteiger partial charge in [0, 0.05) is 12.6 Å². The van der Waals surface area contributed by atoms with Crippen molar-refractivity contribution < 1.29 is 27.5 Å². The third kappa shape index (κ3) is 7.75. The molecule has 0 unspecified atom stereocenters. The Morgan fingerprint density at radius 1 is 0.900 bits per heavy atom. The van der Waals surface area contributed by atoms with E-state index in [4.69, 9.17) is 9.47 Å². The van der Waals surface area contributed by atoms with Crippen molar-refractivity contribution in [2.75, 3.05) is 24.6 Å². The third-order valence-corrected chi connectivity index (χ3v) is 7.92. The van der Waals surface area contributed by atoms with Crippen LogP contribution in [0.2, 0.25) is 0 Å². The average molecular weight is 568 g/mol. The highest BCUT2D eigenvalue weighted by Crippen LogP contribution is 2.26. The van der Waals surface area contributed by atoms with Crippen molar-refractivity contribution in [2.45, 2.75) is 51.2 Å². The van der Waals surface area contributed by atoms with Crippen LogP contribution >= 0.6 is 0 Å². The summed E-state index contributed by atoms with van der Waals surface area (Å²) in [6.07, 6.45) is 0. The Labute approximate surface area is 236 Å². The summed E-state index contributed by atoms with van der Waals surface area (Å²) in [5.41, 5.74) is 1.06. The van der Waals surface area contributed by atoms with E-state index in [1.165, 1.54) is 17.0 Å². The van der Waals surface area contributed by atoms with Gasteiger partial charge in [0.05, 0.1) is 24.3 Å². The highest BCUT2D eigenvalue weighted by molar-refractivity contribution is 7.92. The summed E-state index contributed by atoms with van der Waals surface area (Å²) in [5.74, 6) is 0.269. The smallest absolute Gasteiger partial charge is 0.264 e. The van der Waals surface area contributed by atoms with E-state index in [2.05, 4.69) is 5.32 Å². The van der Waals surface area contributed by atoms with Gasteiger partial charge in [-0.25, -0.2) is 8.42 Å². The molecule has 0 aromatic heterocycles. The second-order valence-corrected chi connectivity index (χ2v) is 11.3. The Bertz CT molecular complexity index is 1380. The molecule has 0 aliphatic heterocycles. The number of hydrogen-bond acceptors (Lipinski definition) is 6. The van der Waals surface area contributed by atoms with Gasteiger partial charge in [-0.3, -0.25) is 13.9 Å². The highest BCUT2D eigenvalue weighted by Gasteiger charge is 2.32. The number of rotatable bonds is 13. The zero-order chi connectivity index (χ0) is 29.3. The van der Waals surface area contributed by atoms with E-state index < -0.39 is 28.5 Å². The highest BCUT2D eigenvalue weighted by atomic mass is 32.2. The minimum Gasteiger partial charge on any atom is -0.497 e. The van der Waals surface area contributed by atoms with E-state index in [9.17, 15) is 18.0 Å². The predicted octanol–water partition coefficient (Wildman–Crippen LogP) is 4.23. The molecule has 2 amide bonds. The first kappa shape index (κ1) is 30.5. The molecule has 3 aromatic carbocycles. The second-order valence-electron chi connectivity index (χ2n) is 9.46. The molecule has 0 radical (unpaired) electrons. The second kappa shape index (κ2) is 13.8.